The van der Waals surface area contributed by atoms with Crippen LogP contribution in [0.1, 0.15) is 24.0 Å². The third kappa shape index (κ3) is 3.21. The standard InChI is InChI=1S/C14H19N3/c1-11-2-3-13(9-15)14(8-11)17-10-12-4-6-16-7-5-12/h2-3,8,12,16-17H,4-7,10H2,1H3. The van der Waals surface area contributed by atoms with E-state index in [-0.39, 0.29) is 0 Å². The number of nitriles is 1. The number of rotatable bonds is 3. The first kappa shape index (κ1) is 11.9. The van der Waals surface area contributed by atoms with Crippen molar-refractivity contribution in [3.63, 3.8) is 0 Å². The molecule has 2 N–H and O–H groups in total. The van der Waals surface area contributed by atoms with Crippen LogP contribution in [0.3, 0.4) is 0 Å². The summed E-state index contributed by atoms with van der Waals surface area (Å²) in [4.78, 5) is 0. The van der Waals surface area contributed by atoms with Gasteiger partial charge >= 0.3 is 0 Å². The third-order valence-electron chi connectivity index (χ3n) is 3.34. The second-order valence-corrected chi connectivity index (χ2v) is 4.74. The molecule has 0 saturated carbocycles. The quantitative estimate of drug-likeness (QED) is 0.836. The van der Waals surface area contributed by atoms with Gasteiger partial charge < -0.3 is 10.6 Å². The van der Waals surface area contributed by atoms with Crippen LogP contribution in [-0.2, 0) is 0 Å². The number of anilines is 1. The van der Waals surface area contributed by atoms with Crippen molar-refractivity contribution in [3.8, 4) is 6.07 Å². The van der Waals surface area contributed by atoms with Crippen molar-refractivity contribution >= 4 is 5.69 Å². The van der Waals surface area contributed by atoms with Gasteiger partial charge in [-0.1, -0.05) is 6.07 Å². The van der Waals surface area contributed by atoms with E-state index in [2.05, 4.69) is 29.7 Å². The maximum absolute atomic E-state index is 9.05. The topological polar surface area (TPSA) is 47.9 Å². The Hall–Kier alpha value is -1.53. The van der Waals surface area contributed by atoms with E-state index in [1.807, 2.05) is 12.1 Å². The molecule has 3 heteroatoms. The maximum atomic E-state index is 9.05. The summed E-state index contributed by atoms with van der Waals surface area (Å²) in [6.07, 6.45) is 2.45. The first-order valence-corrected chi connectivity index (χ1v) is 6.25. The fourth-order valence-corrected chi connectivity index (χ4v) is 2.24. The van der Waals surface area contributed by atoms with E-state index >= 15 is 0 Å². The second kappa shape index (κ2) is 5.70. The van der Waals surface area contributed by atoms with Crippen molar-refractivity contribution in [1.82, 2.24) is 5.32 Å². The van der Waals surface area contributed by atoms with Gasteiger partial charge in [0.1, 0.15) is 6.07 Å². The molecule has 0 atom stereocenters. The number of hydrogen-bond acceptors (Lipinski definition) is 3. The third-order valence-corrected chi connectivity index (χ3v) is 3.34. The van der Waals surface area contributed by atoms with Gasteiger partial charge in [0.2, 0.25) is 0 Å². The Morgan fingerprint density at radius 2 is 2.18 bits per heavy atom. The van der Waals surface area contributed by atoms with Crippen molar-refractivity contribution in [1.29, 1.82) is 5.26 Å². The number of benzene rings is 1. The van der Waals surface area contributed by atoms with Gasteiger partial charge in [-0.2, -0.15) is 5.26 Å². The lowest BCUT2D eigenvalue weighted by molar-refractivity contribution is 0.390. The minimum Gasteiger partial charge on any atom is -0.384 e. The number of hydrogen-bond donors (Lipinski definition) is 2. The van der Waals surface area contributed by atoms with Crippen molar-refractivity contribution in [2.75, 3.05) is 25.0 Å². The minimum absolute atomic E-state index is 0.725. The zero-order valence-corrected chi connectivity index (χ0v) is 10.3. The number of piperidine rings is 1. The van der Waals surface area contributed by atoms with Gasteiger partial charge in [-0.15, -0.1) is 0 Å². The largest absolute Gasteiger partial charge is 0.384 e. The molecule has 0 unspecified atom stereocenters. The molecule has 1 saturated heterocycles. The number of nitrogens with zero attached hydrogens (tertiary/aromatic N) is 1. The van der Waals surface area contributed by atoms with Crippen LogP contribution in [0, 0.1) is 24.2 Å². The van der Waals surface area contributed by atoms with Gasteiger partial charge in [0.15, 0.2) is 0 Å². The average Bonchev–Trinajstić information content (AvgIpc) is 2.38. The van der Waals surface area contributed by atoms with Gasteiger partial charge in [-0.05, 0) is 56.5 Å². The van der Waals surface area contributed by atoms with Crippen LogP contribution in [0.2, 0.25) is 0 Å². The molecule has 1 aromatic carbocycles. The number of nitrogens with one attached hydrogen (secondary N) is 2. The predicted molar refractivity (Wildman–Crippen MR) is 70.0 cm³/mol. The zero-order chi connectivity index (χ0) is 12.1. The van der Waals surface area contributed by atoms with Crippen LogP contribution < -0.4 is 10.6 Å². The van der Waals surface area contributed by atoms with Crippen LogP contribution in [0.15, 0.2) is 18.2 Å². The Morgan fingerprint density at radius 3 is 2.88 bits per heavy atom. The normalized spacial score (nSPS) is 16.5. The van der Waals surface area contributed by atoms with E-state index in [0.717, 1.165) is 36.8 Å². The maximum Gasteiger partial charge on any atom is 0.101 e. The minimum atomic E-state index is 0.725. The smallest absolute Gasteiger partial charge is 0.101 e. The molecule has 90 valence electrons. The van der Waals surface area contributed by atoms with E-state index in [4.69, 9.17) is 5.26 Å². The molecule has 0 aromatic heterocycles. The molecule has 1 aliphatic rings. The van der Waals surface area contributed by atoms with Crippen molar-refractivity contribution in [2.45, 2.75) is 19.8 Å². The summed E-state index contributed by atoms with van der Waals surface area (Å²) in [7, 11) is 0. The lowest BCUT2D eigenvalue weighted by atomic mass is 9.98. The molecule has 0 amide bonds. The fraction of sp³-hybridized carbons (Fsp3) is 0.500. The molecule has 1 aliphatic heterocycles. The molecule has 1 aromatic rings. The molecule has 0 spiro atoms. The molecular weight excluding hydrogens is 210 g/mol. The van der Waals surface area contributed by atoms with Crippen LogP contribution in [-0.4, -0.2) is 19.6 Å². The van der Waals surface area contributed by atoms with Gasteiger partial charge in [0.05, 0.1) is 11.3 Å². The molecule has 1 fully saturated rings. The van der Waals surface area contributed by atoms with Crippen molar-refractivity contribution in [3.05, 3.63) is 29.3 Å². The molecule has 1 heterocycles. The average molecular weight is 229 g/mol. The van der Waals surface area contributed by atoms with Gasteiger partial charge in [0.25, 0.3) is 0 Å². The highest BCUT2D eigenvalue weighted by molar-refractivity contribution is 5.58. The SMILES string of the molecule is Cc1ccc(C#N)c(NCC2CCNCC2)c1. The van der Waals surface area contributed by atoms with E-state index in [0.29, 0.717) is 0 Å². The first-order chi connectivity index (χ1) is 8.29. The monoisotopic (exact) mass is 229 g/mol. The van der Waals surface area contributed by atoms with Gasteiger partial charge in [-0.3, -0.25) is 0 Å². The van der Waals surface area contributed by atoms with Crippen LogP contribution >= 0.6 is 0 Å². The van der Waals surface area contributed by atoms with Crippen LogP contribution in [0.4, 0.5) is 5.69 Å². The van der Waals surface area contributed by atoms with E-state index in [1.165, 1.54) is 18.4 Å². The molecular formula is C14H19N3. The summed E-state index contributed by atoms with van der Waals surface area (Å²) in [5.41, 5.74) is 2.91. The highest BCUT2D eigenvalue weighted by Crippen LogP contribution is 2.19. The summed E-state index contributed by atoms with van der Waals surface area (Å²) in [6, 6.07) is 8.16. The molecule has 0 radical (unpaired) electrons. The Bertz CT molecular complexity index is 414. The highest BCUT2D eigenvalue weighted by Gasteiger charge is 2.13. The van der Waals surface area contributed by atoms with Crippen LogP contribution in [0.5, 0.6) is 0 Å². The summed E-state index contributed by atoms with van der Waals surface area (Å²) in [5, 5.41) is 15.8. The molecule has 2 rings (SSSR count). The molecule has 17 heavy (non-hydrogen) atoms. The summed E-state index contributed by atoms with van der Waals surface area (Å²) >= 11 is 0. The predicted octanol–water partition coefficient (Wildman–Crippen LogP) is 2.28. The van der Waals surface area contributed by atoms with Gasteiger partial charge in [0, 0.05) is 6.54 Å². The Morgan fingerprint density at radius 1 is 1.41 bits per heavy atom. The Labute approximate surface area is 103 Å². The molecule has 0 bridgehead atoms. The van der Waals surface area contributed by atoms with Gasteiger partial charge in [-0.25, -0.2) is 0 Å². The summed E-state index contributed by atoms with van der Waals surface area (Å²) in [6.45, 7) is 5.26. The zero-order valence-electron chi connectivity index (χ0n) is 10.3. The first-order valence-electron chi connectivity index (χ1n) is 6.25. The fourth-order valence-electron chi connectivity index (χ4n) is 2.24. The lowest BCUT2D eigenvalue weighted by Gasteiger charge is -2.23. The Kier molecular flexibility index (Phi) is 4.00. The lowest BCUT2D eigenvalue weighted by Crippen LogP contribution is -2.31. The second-order valence-electron chi connectivity index (χ2n) is 4.74. The molecule has 3 nitrogen and oxygen atoms in total. The Balaban J connectivity index is 1.98. The number of aryl methyl sites for hydroxylation is 1. The highest BCUT2D eigenvalue weighted by atomic mass is 14.9. The van der Waals surface area contributed by atoms with E-state index < -0.39 is 0 Å². The summed E-state index contributed by atoms with van der Waals surface area (Å²) < 4.78 is 0. The summed E-state index contributed by atoms with van der Waals surface area (Å²) in [5.74, 6) is 0.725. The van der Waals surface area contributed by atoms with Crippen LogP contribution in [0.25, 0.3) is 0 Å². The van der Waals surface area contributed by atoms with E-state index in [1.54, 1.807) is 0 Å². The van der Waals surface area contributed by atoms with Crippen molar-refractivity contribution in [2.24, 2.45) is 5.92 Å². The van der Waals surface area contributed by atoms with Crippen molar-refractivity contribution < 1.29 is 0 Å². The molecule has 0 aliphatic carbocycles. The van der Waals surface area contributed by atoms with E-state index in [9.17, 15) is 0 Å².